The number of nitrogens with one attached hydrogen (secondary N) is 2. The van der Waals surface area contributed by atoms with Crippen LogP contribution >= 0.6 is 15.8 Å². The number of rotatable bonds is 22. The average Bonchev–Trinajstić information content (AvgIpc) is 3.44. The van der Waals surface area contributed by atoms with Gasteiger partial charge in [0, 0.05) is 54.1 Å². The lowest BCUT2D eigenvalue weighted by atomic mass is 9.96. The maximum absolute atomic E-state index is 5.38. The molecule has 0 heterocycles. The van der Waals surface area contributed by atoms with Gasteiger partial charge in [-0.1, -0.05) is 198 Å². The molecule has 8 rings (SSSR count). The highest BCUT2D eigenvalue weighted by Crippen LogP contribution is 2.37. The first kappa shape index (κ1) is 55.2. The molecule has 0 radical (unpaired) electrons. The average molecular weight is 1010 g/mol. The van der Waals surface area contributed by atoms with Crippen molar-refractivity contribution in [3.05, 3.63) is 121 Å². The Morgan fingerprint density at radius 2 is 0.653 bits per heavy atom. The molecule has 4 fully saturated rings. The Hall–Kier alpha value is -4.56. The SMILES string of the molecule is C(=NCCCCCN=C=NC1CCCCC1)=NC1CCCCC1.c1ccc(P(C(=NCCCCCN=C(NC2CCCCC2)P(c2ccccc2)c2ccccc2)NC2CCCCC2)c2ccccc2)cc1. The first-order valence-corrected chi connectivity index (χ1v) is 31.1. The Morgan fingerprint density at radius 1 is 0.361 bits per heavy atom. The molecule has 4 aromatic carbocycles. The molecule has 0 aromatic heterocycles. The maximum atomic E-state index is 5.38. The molecule has 72 heavy (non-hydrogen) atoms. The van der Waals surface area contributed by atoms with E-state index in [0.29, 0.717) is 24.2 Å². The van der Waals surface area contributed by atoms with E-state index in [1.165, 1.54) is 161 Å². The fraction of sp³-hybridized carbons (Fsp3) is 0.548. The van der Waals surface area contributed by atoms with Crippen LogP contribution in [0.15, 0.2) is 151 Å². The summed E-state index contributed by atoms with van der Waals surface area (Å²) in [6.07, 6.45) is 32.5. The topological polar surface area (TPSA) is 98.2 Å². The van der Waals surface area contributed by atoms with E-state index in [1.54, 1.807) is 0 Å². The monoisotopic (exact) mass is 1000 g/mol. The summed E-state index contributed by atoms with van der Waals surface area (Å²) in [7, 11) is -1.45. The van der Waals surface area contributed by atoms with Gasteiger partial charge in [0.2, 0.25) is 0 Å². The van der Waals surface area contributed by atoms with Crippen LogP contribution in [0.2, 0.25) is 0 Å². The number of amidine groups is 2. The summed E-state index contributed by atoms with van der Waals surface area (Å²) in [6, 6.07) is 52.0. The van der Waals surface area contributed by atoms with Crippen LogP contribution in [0.1, 0.15) is 167 Å². The molecule has 10 heteroatoms. The molecule has 0 aliphatic heterocycles. The lowest BCUT2D eigenvalue weighted by molar-refractivity contribution is 0.414. The Morgan fingerprint density at radius 3 is 0.972 bits per heavy atom. The molecule has 0 saturated heterocycles. The summed E-state index contributed by atoms with van der Waals surface area (Å²) in [4.78, 5) is 28.2. The molecule has 0 amide bonds. The highest BCUT2D eigenvalue weighted by Gasteiger charge is 2.26. The third kappa shape index (κ3) is 20.4. The zero-order valence-corrected chi connectivity index (χ0v) is 45.4. The van der Waals surface area contributed by atoms with Crippen molar-refractivity contribution < 1.29 is 0 Å². The van der Waals surface area contributed by atoms with E-state index in [1.807, 2.05) is 0 Å². The van der Waals surface area contributed by atoms with Crippen LogP contribution in [-0.2, 0) is 0 Å². The van der Waals surface area contributed by atoms with Gasteiger partial charge in [-0.15, -0.1) is 0 Å². The largest absolute Gasteiger partial charge is 0.367 e. The van der Waals surface area contributed by atoms with Crippen molar-refractivity contribution >= 4 is 60.2 Å². The Bertz CT molecular complexity index is 2000. The van der Waals surface area contributed by atoms with E-state index in [0.717, 1.165) is 64.7 Å². The standard InChI is InChI=1S/C43H54N4P2.C19H32N4/c1-8-22-36(23-9-1)46-42(48(38-26-12-3-13-27-38)39-28-14-4-15-29-39)44-34-20-7-21-35-45-43(47-37-24-10-2-11-25-37)49(40-30-16-5-17-31-40)41-32-18-6-19-33-41;1-4-10-18(11-5-1)22-16-20-14-8-3-9-15-21-17-23-19-12-6-2-7-13-19/h3-6,12-19,26-33,36-37H,1-2,7-11,20-25,34-35H2,(H,44,46)(H,45,47);18-19H,1-15H2. The summed E-state index contributed by atoms with van der Waals surface area (Å²) < 4.78 is 0. The number of unbranched alkanes of at least 4 members (excludes halogenated alkanes) is 4. The van der Waals surface area contributed by atoms with Crippen molar-refractivity contribution in [3.8, 4) is 0 Å². The van der Waals surface area contributed by atoms with E-state index in [2.05, 4.69) is 164 Å². The second-order valence-corrected chi connectivity index (χ2v) is 24.6. The lowest BCUT2D eigenvalue weighted by Crippen LogP contribution is -2.38. The van der Waals surface area contributed by atoms with Gasteiger partial charge in [0.15, 0.2) is 0 Å². The molecular formula is C62H86N8P2. The van der Waals surface area contributed by atoms with Crippen LogP contribution in [0.25, 0.3) is 0 Å². The van der Waals surface area contributed by atoms with Crippen LogP contribution in [0.5, 0.6) is 0 Å². The summed E-state index contributed by atoms with van der Waals surface area (Å²) in [5.41, 5.74) is 2.40. The molecule has 4 aliphatic carbocycles. The summed E-state index contributed by atoms with van der Waals surface area (Å²) in [5, 5.41) is 13.5. The molecule has 4 aromatic rings. The lowest BCUT2D eigenvalue weighted by Gasteiger charge is -2.29. The first-order valence-electron chi connectivity index (χ1n) is 28.5. The van der Waals surface area contributed by atoms with Crippen LogP contribution in [-0.4, -0.2) is 73.5 Å². The number of hydrogen-bond acceptors (Lipinski definition) is 6. The fourth-order valence-corrected chi connectivity index (χ4v) is 15.0. The molecule has 4 saturated carbocycles. The molecule has 384 valence electrons. The van der Waals surface area contributed by atoms with Crippen molar-refractivity contribution in [1.82, 2.24) is 10.6 Å². The maximum Gasteiger partial charge on any atom is 0.129 e. The smallest absolute Gasteiger partial charge is 0.129 e. The second kappa shape index (κ2) is 34.0. The fourth-order valence-electron chi connectivity index (χ4n) is 10.4. The molecule has 2 N–H and O–H groups in total. The number of benzene rings is 4. The van der Waals surface area contributed by atoms with Crippen LogP contribution in [0, 0.1) is 0 Å². The highest BCUT2D eigenvalue weighted by atomic mass is 31.1. The molecule has 0 bridgehead atoms. The third-order valence-electron chi connectivity index (χ3n) is 14.5. The Balaban J connectivity index is 0.000000277. The van der Waals surface area contributed by atoms with Crippen molar-refractivity contribution in [2.75, 3.05) is 26.2 Å². The van der Waals surface area contributed by atoms with Crippen molar-refractivity contribution in [3.63, 3.8) is 0 Å². The van der Waals surface area contributed by atoms with E-state index < -0.39 is 15.8 Å². The van der Waals surface area contributed by atoms with Gasteiger partial charge in [-0.2, -0.15) is 0 Å². The van der Waals surface area contributed by atoms with Gasteiger partial charge >= 0.3 is 0 Å². The minimum absolute atomic E-state index is 0.491. The van der Waals surface area contributed by atoms with E-state index in [9.17, 15) is 0 Å². The van der Waals surface area contributed by atoms with Gasteiger partial charge < -0.3 is 10.6 Å². The molecule has 0 spiro atoms. The van der Waals surface area contributed by atoms with Gasteiger partial charge in [0.1, 0.15) is 11.2 Å². The summed E-state index contributed by atoms with van der Waals surface area (Å²) >= 11 is 0. The third-order valence-corrected chi connectivity index (χ3v) is 19.2. The van der Waals surface area contributed by atoms with Gasteiger partial charge in [-0.25, -0.2) is 20.0 Å². The minimum atomic E-state index is -0.725. The minimum Gasteiger partial charge on any atom is -0.367 e. The van der Waals surface area contributed by atoms with Gasteiger partial charge in [-0.3, -0.25) is 9.98 Å². The van der Waals surface area contributed by atoms with Crippen LogP contribution < -0.4 is 31.9 Å². The molecule has 4 aliphatic rings. The van der Waals surface area contributed by atoms with Crippen molar-refractivity contribution in [2.45, 2.75) is 191 Å². The quantitative estimate of drug-likeness (QED) is 0.0355. The van der Waals surface area contributed by atoms with Crippen molar-refractivity contribution in [1.29, 1.82) is 0 Å². The summed E-state index contributed by atoms with van der Waals surface area (Å²) in [6.45, 7) is 3.39. The number of hydrogen-bond donors (Lipinski definition) is 2. The first-order chi connectivity index (χ1) is 35.8. The Labute approximate surface area is 437 Å². The van der Waals surface area contributed by atoms with Gasteiger partial charge in [0.05, 0.1) is 24.1 Å². The van der Waals surface area contributed by atoms with Crippen LogP contribution in [0.4, 0.5) is 0 Å². The highest BCUT2D eigenvalue weighted by molar-refractivity contribution is 7.88. The van der Waals surface area contributed by atoms with Gasteiger partial charge in [0.25, 0.3) is 0 Å². The van der Waals surface area contributed by atoms with E-state index in [4.69, 9.17) is 9.98 Å². The number of aliphatic imine (C=N–C) groups is 6. The van der Waals surface area contributed by atoms with E-state index in [-0.39, 0.29) is 0 Å². The molecule has 0 unspecified atom stereocenters. The Kier molecular flexibility index (Phi) is 26.1. The molecular weight excluding hydrogens is 919 g/mol. The summed E-state index contributed by atoms with van der Waals surface area (Å²) in [5.74, 6) is 0. The van der Waals surface area contributed by atoms with Gasteiger partial charge in [-0.05, 0) is 111 Å². The molecule has 0 atom stereocenters. The number of nitrogens with zero attached hydrogens (tertiary/aromatic N) is 6. The van der Waals surface area contributed by atoms with E-state index >= 15 is 0 Å². The molecule has 8 nitrogen and oxygen atoms in total. The van der Waals surface area contributed by atoms with Crippen LogP contribution in [0.3, 0.4) is 0 Å². The zero-order chi connectivity index (χ0) is 49.4. The normalized spacial score (nSPS) is 17.5. The zero-order valence-electron chi connectivity index (χ0n) is 43.6. The predicted octanol–water partition coefficient (Wildman–Crippen LogP) is 14.1. The van der Waals surface area contributed by atoms with Crippen molar-refractivity contribution in [2.24, 2.45) is 30.0 Å². The predicted molar refractivity (Wildman–Crippen MR) is 314 cm³/mol. The second-order valence-electron chi connectivity index (χ2n) is 20.3.